The molecular weight excluding hydrogens is 248 g/mol. The second-order valence-electron chi connectivity index (χ2n) is 6.97. The zero-order valence-electron chi connectivity index (χ0n) is 13.4. The van der Waals surface area contributed by atoms with Crippen molar-refractivity contribution in [3.8, 4) is 0 Å². The van der Waals surface area contributed by atoms with Crippen molar-refractivity contribution in [2.45, 2.75) is 70.8 Å². The van der Waals surface area contributed by atoms with Crippen molar-refractivity contribution in [2.24, 2.45) is 5.41 Å². The Hall–Kier alpha value is -0.120. The molecule has 0 spiro atoms. The Morgan fingerprint density at radius 2 is 1.90 bits per heavy atom. The highest BCUT2D eigenvalue weighted by Gasteiger charge is 2.36. The van der Waals surface area contributed by atoms with E-state index in [2.05, 4.69) is 17.1 Å². The molecule has 2 aliphatic carbocycles. The molecule has 2 rings (SSSR count). The highest BCUT2D eigenvalue weighted by atomic mass is 16.3. The predicted molar refractivity (Wildman–Crippen MR) is 85.0 cm³/mol. The fourth-order valence-corrected chi connectivity index (χ4v) is 3.93. The van der Waals surface area contributed by atoms with Crippen LogP contribution in [0.4, 0.5) is 0 Å². The average Bonchev–Trinajstić information content (AvgIpc) is 2.42. The summed E-state index contributed by atoms with van der Waals surface area (Å²) < 4.78 is 0. The Morgan fingerprint density at radius 3 is 2.45 bits per heavy atom. The van der Waals surface area contributed by atoms with Crippen molar-refractivity contribution in [2.75, 3.05) is 32.8 Å². The Balaban J connectivity index is 1.94. The first-order chi connectivity index (χ1) is 9.79. The molecule has 2 saturated carbocycles. The van der Waals surface area contributed by atoms with Crippen LogP contribution in [0.5, 0.6) is 0 Å². The Morgan fingerprint density at radius 1 is 1.15 bits per heavy atom. The van der Waals surface area contributed by atoms with E-state index in [1.165, 1.54) is 64.5 Å². The molecule has 0 amide bonds. The van der Waals surface area contributed by atoms with E-state index in [1.807, 2.05) is 0 Å². The number of nitrogens with one attached hydrogen (secondary N) is 1. The van der Waals surface area contributed by atoms with E-state index < -0.39 is 0 Å². The standard InChI is InChI=1S/C17H34N2O/c1-2-18-14-17(10-4-3-5-11-17)15-19(12-7-13-20)16-8-6-9-16/h16,18,20H,2-15H2,1H3. The largest absolute Gasteiger partial charge is 0.396 e. The van der Waals surface area contributed by atoms with E-state index in [4.69, 9.17) is 5.11 Å². The van der Waals surface area contributed by atoms with Crippen LogP contribution in [0.25, 0.3) is 0 Å². The minimum Gasteiger partial charge on any atom is -0.396 e. The van der Waals surface area contributed by atoms with Crippen LogP contribution in [-0.2, 0) is 0 Å². The number of hydrogen-bond acceptors (Lipinski definition) is 3. The van der Waals surface area contributed by atoms with Gasteiger partial charge in [-0.2, -0.15) is 0 Å². The molecule has 0 radical (unpaired) electrons. The van der Waals surface area contributed by atoms with Crippen LogP contribution in [-0.4, -0.2) is 48.8 Å². The lowest BCUT2D eigenvalue weighted by atomic mass is 9.72. The molecule has 3 heteroatoms. The van der Waals surface area contributed by atoms with Gasteiger partial charge in [-0.3, -0.25) is 4.90 Å². The molecule has 0 heterocycles. The number of aliphatic hydroxyl groups excluding tert-OH is 1. The van der Waals surface area contributed by atoms with E-state index in [-0.39, 0.29) is 0 Å². The molecule has 3 nitrogen and oxygen atoms in total. The molecule has 0 bridgehead atoms. The van der Waals surface area contributed by atoms with E-state index >= 15 is 0 Å². The van der Waals surface area contributed by atoms with E-state index in [9.17, 15) is 0 Å². The Labute approximate surface area is 125 Å². The summed E-state index contributed by atoms with van der Waals surface area (Å²) in [7, 11) is 0. The van der Waals surface area contributed by atoms with Crippen molar-refractivity contribution < 1.29 is 5.11 Å². The van der Waals surface area contributed by atoms with Gasteiger partial charge >= 0.3 is 0 Å². The highest BCUT2D eigenvalue weighted by molar-refractivity contribution is 4.91. The second kappa shape index (κ2) is 8.35. The molecule has 0 aromatic carbocycles. The molecule has 2 aliphatic rings. The summed E-state index contributed by atoms with van der Waals surface area (Å²) in [5.74, 6) is 0. The zero-order chi connectivity index (χ0) is 14.3. The number of nitrogens with zero attached hydrogens (tertiary/aromatic N) is 1. The van der Waals surface area contributed by atoms with Crippen LogP contribution in [0.1, 0.15) is 64.7 Å². The molecule has 0 unspecified atom stereocenters. The summed E-state index contributed by atoms with van der Waals surface area (Å²) in [6.07, 6.45) is 12.1. The summed E-state index contributed by atoms with van der Waals surface area (Å²) in [5, 5.41) is 12.8. The molecule has 2 N–H and O–H groups in total. The van der Waals surface area contributed by atoms with Crippen LogP contribution in [0, 0.1) is 5.41 Å². The maximum atomic E-state index is 9.16. The van der Waals surface area contributed by atoms with Gasteiger partial charge in [0.05, 0.1) is 0 Å². The van der Waals surface area contributed by atoms with Gasteiger partial charge in [-0.1, -0.05) is 32.6 Å². The Bertz CT molecular complexity index is 260. The van der Waals surface area contributed by atoms with Crippen molar-refractivity contribution in [1.82, 2.24) is 10.2 Å². The molecule has 118 valence electrons. The maximum Gasteiger partial charge on any atom is 0.0443 e. The van der Waals surface area contributed by atoms with Crippen LogP contribution < -0.4 is 5.32 Å². The van der Waals surface area contributed by atoms with Crippen LogP contribution in [0.15, 0.2) is 0 Å². The van der Waals surface area contributed by atoms with Crippen LogP contribution in [0.3, 0.4) is 0 Å². The van der Waals surface area contributed by atoms with Gasteiger partial charge in [0.15, 0.2) is 0 Å². The third-order valence-corrected chi connectivity index (χ3v) is 5.40. The number of aliphatic hydroxyl groups is 1. The molecule has 0 aliphatic heterocycles. The first-order valence-corrected chi connectivity index (χ1v) is 8.85. The first-order valence-electron chi connectivity index (χ1n) is 8.85. The number of rotatable bonds is 9. The maximum absolute atomic E-state index is 9.16. The van der Waals surface area contributed by atoms with Crippen molar-refractivity contribution in [3.05, 3.63) is 0 Å². The van der Waals surface area contributed by atoms with Crippen LogP contribution in [0.2, 0.25) is 0 Å². The second-order valence-corrected chi connectivity index (χ2v) is 6.97. The van der Waals surface area contributed by atoms with Gasteiger partial charge in [-0.15, -0.1) is 0 Å². The van der Waals surface area contributed by atoms with E-state index in [0.29, 0.717) is 12.0 Å². The van der Waals surface area contributed by atoms with E-state index in [1.54, 1.807) is 0 Å². The minimum atomic E-state index is 0.337. The molecule has 2 fully saturated rings. The molecule has 0 saturated heterocycles. The predicted octanol–water partition coefficient (Wildman–Crippen LogP) is 2.78. The van der Waals surface area contributed by atoms with Gasteiger partial charge in [0.2, 0.25) is 0 Å². The summed E-state index contributed by atoms with van der Waals surface area (Å²) in [6.45, 7) is 7.17. The summed E-state index contributed by atoms with van der Waals surface area (Å²) in [6, 6.07) is 0.807. The van der Waals surface area contributed by atoms with Crippen molar-refractivity contribution in [1.29, 1.82) is 0 Å². The zero-order valence-corrected chi connectivity index (χ0v) is 13.4. The topological polar surface area (TPSA) is 35.5 Å². The van der Waals surface area contributed by atoms with Crippen molar-refractivity contribution in [3.63, 3.8) is 0 Å². The molecular formula is C17H34N2O. The summed E-state index contributed by atoms with van der Waals surface area (Å²) >= 11 is 0. The summed E-state index contributed by atoms with van der Waals surface area (Å²) in [4.78, 5) is 2.71. The lowest BCUT2D eigenvalue weighted by Gasteiger charge is -2.46. The average molecular weight is 282 g/mol. The third-order valence-electron chi connectivity index (χ3n) is 5.40. The fraction of sp³-hybridized carbons (Fsp3) is 1.00. The van der Waals surface area contributed by atoms with Gasteiger partial charge in [0.25, 0.3) is 0 Å². The smallest absolute Gasteiger partial charge is 0.0443 e. The van der Waals surface area contributed by atoms with Gasteiger partial charge in [0.1, 0.15) is 0 Å². The third kappa shape index (κ3) is 4.44. The molecule has 0 aromatic heterocycles. The van der Waals surface area contributed by atoms with Gasteiger partial charge in [-0.25, -0.2) is 0 Å². The first kappa shape index (κ1) is 16.3. The number of hydrogen-bond donors (Lipinski definition) is 2. The molecule has 0 atom stereocenters. The lowest BCUT2D eigenvalue weighted by molar-refractivity contribution is 0.0423. The molecule has 0 aromatic rings. The lowest BCUT2D eigenvalue weighted by Crippen LogP contribution is -2.50. The Kier molecular flexibility index (Phi) is 6.79. The summed E-state index contributed by atoms with van der Waals surface area (Å²) in [5.41, 5.74) is 0.499. The quantitative estimate of drug-likeness (QED) is 0.682. The normalized spacial score (nSPS) is 22.9. The van der Waals surface area contributed by atoms with E-state index in [0.717, 1.165) is 25.6 Å². The van der Waals surface area contributed by atoms with Crippen molar-refractivity contribution >= 4 is 0 Å². The molecule has 20 heavy (non-hydrogen) atoms. The van der Waals surface area contributed by atoms with Gasteiger partial charge in [-0.05, 0) is 44.1 Å². The highest BCUT2D eigenvalue weighted by Crippen LogP contribution is 2.38. The van der Waals surface area contributed by atoms with Crippen LogP contribution >= 0.6 is 0 Å². The minimum absolute atomic E-state index is 0.337. The SMILES string of the molecule is CCNCC1(CN(CCCO)C2CCC2)CCCCC1. The van der Waals surface area contributed by atoms with Gasteiger partial charge < -0.3 is 10.4 Å². The fourth-order valence-electron chi connectivity index (χ4n) is 3.93. The van der Waals surface area contributed by atoms with Gasteiger partial charge in [0, 0.05) is 32.3 Å². The monoisotopic (exact) mass is 282 g/mol.